The Morgan fingerprint density at radius 2 is 1.94 bits per heavy atom. The third kappa shape index (κ3) is 2.33. The van der Waals surface area contributed by atoms with Gasteiger partial charge < -0.3 is 5.32 Å². The van der Waals surface area contributed by atoms with E-state index in [1.54, 1.807) is 0 Å². The van der Waals surface area contributed by atoms with Crippen LogP contribution in [0.1, 0.15) is 44.7 Å². The summed E-state index contributed by atoms with van der Waals surface area (Å²) in [6.45, 7) is 4.82. The molecule has 1 saturated carbocycles. The van der Waals surface area contributed by atoms with E-state index in [9.17, 15) is 0 Å². The van der Waals surface area contributed by atoms with E-state index in [1.807, 2.05) is 11.8 Å². The standard InChI is InChI=1S/C16H23NS/c1-11-7-8-14(12(11)2)17-15-9-10-18-16-6-4-3-5-13(15)16/h3-6,11-12,14-15,17H,7-10H2,1-2H3. The Bertz CT molecular complexity index is 417. The van der Waals surface area contributed by atoms with Gasteiger partial charge in [0.25, 0.3) is 0 Å². The summed E-state index contributed by atoms with van der Waals surface area (Å²) < 4.78 is 0. The predicted molar refractivity (Wildman–Crippen MR) is 79.0 cm³/mol. The first-order valence-electron chi connectivity index (χ1n) is 7.23. The summed E-state index contributed by atoms with van der Waals surface area (Å²) in [5.41, 5.74) is 1.53. The van der Waals surface area contributed by atoms with Crippen molar-refractivity contribution in [2.24, 2.45) is 11.8 Å². The van der Waals surface area contributed by atoms with Crippen molar-refractivity contribution in [3.8, 4) is 0 Å². The van der Waals surface area contributed by atoms with Gasteiger partial charge >= 0.3 is 0 Å². The van der Waals surface area contributed by atoms with Crippen molar-refractivity contribution in [1.82, 2.24) is 5.32 Å². The summed E-state index contributed by atoms with van der Waals surface area (Å²) in [4.78, 5) is 1.49. The molecular formula is C16H23NS. The topological polar surface area (TPSA) is 12.0 Å². The van der Waals surface area contributed by atoms with Crippen molar-refractivity contribution in [3.05, 3.63) is 29.8 Å². The fourth-order valence-electron chi connectivity index (χ4n) is 3.37. The van der Waals surface area contributed by atoms with Crippen LogP contribution in [0.3, 0.4) is 0 Å². The molecule has 1 fully saturated rings. The maximum absolute atomic E-state index is 3.94. The van der Waals surface area contributed by atoms with E-state index in [1.165, 1.54) is 35.5 Å². The Hall–Kier alpha value is -0.470. The molecule has 4 atom stereocenters. The molecule has 1 aromatic rings. The molecule has 18 heavy (non-hydrogen) atoms. The predicted octanol–water partition coefficient (Wildman–Crippen LogP) is 4.25. The number of hydrogen-bond acceptors (Lipinski definition) is 2. The molecule has 1 nitrogen and oxygen atoms in total. The highest BCUT2D eigenvalue weighted by Crippen LogP contribution is 2.38. The molecule has 0 bridgehead atoms. The van der Waals surface area contributed by atoms with Crippen molar-refractivity contribution in [2.45, 2.75) is 50.1 Å². The van der Waals surface area contributed by atoms with E-state index in [0.29, 0.717) is 6.04 Å². The van der Waals surface area contributed by atoms with E-state index in [-0.39, 0.29) is 0 Å². The number of benzene rings is 1. The molecule has 1 N–H and O–H groups in total. The van der Waals surface area contributed by atoms with Gasteiger partial charge in [0.2, 0.25) is 0 Å². The van der Waals surface area contributed by atoms with Gasteiger partial charge in [0, 0.05) is 17.0 Å². The Balaban J connectivity index is 1.75. The molecule has 4 unspecified atom stereocenters. The monoisotopic (exact) mass is 261 g/mol. The maximum atomic E-state index is 3.94. The van der Waals surface area contributed by atoms with Crippen molar-refractivity contribution < 1.29 is 0 Å². The average molecular weight is 261 g/mol. The smallest absolute Gasteiger partial charge is 0.0341 e. The van der Waals surface area contributed by atoms with Crippen LogP contribution in [-0.4, -0.2) is 11.8 Å². The normalized spacial score (nSPS) is 35.4. The fourth-order valence-corrected chi connectivity index (χ4v) is 4.50. The number of rotatable bonds is 2. The van der Waals surface area contributed by atoms with Crippen molar-refractivity contribution in [2.75, 3.05) is 5.75 Å². The zero-order valence-corrected chi connectivity index (χ0v) is 12.2. The third-order valence-electron chi connectivity index (χ3n) is 4.84. The molecular weight excluding hydrogens is 238 g/mol. The van der Waals surface area contributed by atoms with Gasteiger partial charge in [-0.2, -0.15) is 0 Å². The lowest BCUT2D eigenvalue weighted by Gasteiger charge is -2.31. The minimum Gasteiger partial charge on any atom is -0.307 e. The van der Waals surface area contributed by atoms with Gasteiger partial charge in [-0.25, -0.2) is 0 Å². The quantitative estimate of drug-likeness (QED) is 0.854. The lowest BCUT2D eigenvalue weighted by molar-refractivity contribution is 0.333. The first-order chi connectivity index (χ1) is 8.75. The zero-order chi connectivity index (χ0) is 12.5. The number of hydrogen-bond donors (Lipinski definition) is 1. The van der Waals surface area contributed by atoms with Crippen molar-refractivity contribution in [3.63, 3.8) is 0 Å². The molecule has 0 aromatic heterocycles. The van der Waals surface area contributed by atoms with E-state index < -0.39 is 0 Å². The summed E-state index contributed by atoms with van der Waals surface area (Å²) in [7, 11) is 0. The molecule has 3 rings (SSSR count). The van der Waals surface area contributed by atoms with E-state index in [0.717, 1.165) is 17.9 Å². The second kappa shape index (κ2) is 5.26. The van der Waals surface area contributed by atoms with Crippen LogP contribution in [0.4, 0.5) is 0 Å². The van der Waals surface area contributed by atoms with Crippen LogP contribution >= 0.6 is 11.8 Å². The Labute approximate surface area is 115 Å². The van der Waals surface area contributed by atoms with Gasteiger partial charge in [-0.05, 0) is 48.5 Å². The average Bonchev–Trinajstić information content (AvgIpc) is 2.71. The highest BCUT2D eigenvalue weighted by Gasteiger charge is 2.32. The summed E-state index contributed by atoms with van der Waals surface area (Å²) in [6, 6.07) is 10.2. The largest absolute Gasteiger partial charge is 0.307 e. The Morgan fingerprint density at radius 1 is 1.11 bits per heavy atom. The van der Waals surface area contributed by atoms with Crippen LogP contribution in [-0.2, 0) is 0 Å². The molecule has 1 heterocycles. The molecule has 0 amide bonds. The molecule has 98 valence electrons. The molecule has 1 aromatic carbocycles. The van der Waals surface area contributed by atoms with Gasteiger partial charge in [-0.15, -0.1) is 11.8 Å². The SMILES string of the molecule is CC1CCC(NC2CCSc3ccccc32)C1C. The first kappa shape index (κ1) is 12.6. The van der Waals surface area contributed by atoms with Crippen molar-refractivity contribution >= 4 is 11.8 Å². The maximum Gasteiger partial charge on any atom is 0.0341 e. The van der Waals surface area contributed by atoms with Gasteiger partial charge in [-0.3, -0.25) is 0 Å². The number of thioether (sulfide) groups is 1. The second-order valence-electron chi connectivity index (χ2n) is 5.91. The lowest BCUT2D eigenvalue weighted by atomic mass is 9.95. The summed E-state index contributed by atoms with van der Waals surface area (Å²) >= 11 is 2.01. The van der Waals surface area contributed by atoms with E-state index >= 15 is 0 Å². The number of fused-ring (bicyclic) bond motifs is 1. The molecule has 2 heteroatoms. The molecule has 2 aliphatic rings. The summed E-state index contributed by atoms with van der Waals surface area (Å²) in [5, 5.41) is 3.94. The first-order valence-corrected chi connectivity index (χ1v) is 8.22. The van der Waals surface area contributed by atoms with Crippen LogP contribution in [0.25, 0.3) is 0 Å². The molecule has 1 aliphatic carbocycles. The highest BCUT2D eigenvalue weighted by molar-refractivity contribution is 7.99. The van der Waals surface area contributed by atoms with Gasteiger partial charge in [0.15, 0.2) is 0 Å². The summed E-state index contributed by atoms with van der Waals surface area (Å²) in [5.74, 6) is 2.97. The lowest BCUT2D eigenvalue weighted by Crippen LogP contribution is -2.36. The van der Waals surface area contributed by atoms with Gasteiger partial charge in [0.05, 0.1) is 0 Å². The molecule has 1 aliphatic heterocycles. The van der Waals surface area contributed by atoms with E-state index in [4.69, 9.17) is 0 Å². The van der Waals surface area contributed by atoms with Gasteiger partial charge in [0.1, 0.15) is 0 Å². The van der Waals surface area contributed by atoms with Crippen molar-refractivity contribution in [1.29, 1.82) is 0 Å². The van der Waals surface area contributed by atoms with E-state index in [2.05, 4.69) is 43.4 Å². The minimum absolute atomic E-state index is 0.584. The van der Waals surface area contributed by atoms with Crippen LogP contribution in [0.5, 0.6) is 0 Å². The number of nitrogens with one attached hydrogen (secondary N) is 1. The van der Waals surface area contributed by atoms with Gasteiger partial charge in [-0.1, -0.05) is 32.0 Å². The van der Waals surface area contributed by atoms with Crippen LogP contribution in [0.15, 0.2) is 29.2 Å². The second-order valence-corrected chi connectivity index (χ2v) is 7.05. The highest BCUT2D eigenvalue weighted by atomic mass is 32.2. The fraction of sp³-hybridized carbons (Fsp3) is 0.625. The Morgan fingerprint density at radius 3 is 2.72 bits per heavy atom. The summed E-state index contributed by atoms with van der Waals surface area (Å²) in [6.07, 6.45) is 4.02. The van der Waals surface area contributed by atoms with Crippen LogP contribution < -0.4 is 5.32 Å². The molecule has 0 spiro atoms. The Kier molecular flexibility index (Phi) is 3.67. The minimum atomic E-state index is 0.584. The zero-order valence-electron chi connectivity index (χ0n) is 11.4. The van der Waals surface area contributed by atoms with Crippen LogP contribution in [0, 0.1) is 11.8 Å². The van der Waals surface area contributed by atoms with Crippen LogP contribution in [0.2, 0.25) is 0 Å². The third-order valence-corrected chi connectivity index (χ3v) is 5.96. The molecule has 0 saturated heterocycles. The molecule has 0 radical (unpaired) electrons.